The lowest BCUT2D eigenvalue weighted by Crippen LogP contribution is -2.34. The number of rotatable bonds is 27. The molecule has 7 aliphatic rings. The number of carbonyl (C=O) groups excluding carboxylic acids is 6. The van der Waals surface area contributed by atoms with Gasteiger partial charge in [0.15, 0.2) is 0 Å². The van der Waals surface area contributed by atoms with Crippen LogP contribution in [-0.4, -0.2) is 90.8 Å². The summed E-state index contributed by atoms with van der Waals surface area (Å²) in [4.78, 5) is 81.9. The van der Waals surface area contributed by atoms with Crippen LogP contribution < -0.4 is 9.47 Å². The molecule has 1 saturated heterocycles. The average molecular weight is 1120 g/mol. The van der Waals surface area contributed by atoms with Gasteiger partial charge in [0, 0.05) is 30.9 Å². The first kappa shape index (κ1) is 59.7. The van der Waals surface area contributed by atoms with Crippen molar-refractivity contribution in [2.45, 2.75) is 159 Å². The molecule has 2 saturated carbocycles. The zero-order valence-corrected chi connectivity index (χ0v) is 47.1. The maximum Gasteiger partial charge on any atom is 0.330 e. The van der Waals surface area contributed by atoms with Gasteiger partial charge in [-0.3, -0.25) is 24.2 Å². The molecule has 0 spiro atoms. The Morgan fingerprint density at radius 3 is 1.64 bits per heavy atom. The smallest absolute Gasteiger partial charge is 0.330 e. The molecule has 17 heteroatoms. The normalized spacial score (nSPS) is 25.9. The van der Waals surface area contributed by atoms with Gasteiger partial charge in [0.2, 0.25) is 0 Å². The number of hydrogen-bond acceptors (Lipinski definition) is 17. The van der Waals surface area contributed by atoms with Gasteiger partial charge in [-0.05, 0) is 172 Å². The molecule has 16 nitrogen and oxygen atoms in total. The van der Waals surface area contributed by atoms with E-state index in [2.05, 4.69) is 39.2 Å². The summed E-state index contributed by atoms with van der Waals surface area (Å²) in [5, 5.41) is 0.308. The van der Waals surface area contributed by atoms with Crippen molar-refractivity contribution >= 4 is 52.6 Å². The molecule has 5 aliphatic carbocycles. The van der Waals surface area contributed by atoms with Gasteiger partial charge in [0.05, 0.1) is 72.3 Å². The fourth-order valence-corrected chi connectivity index (χ4v) is 12.4. The number of esters is 6. The molecule has 0 bridgehead atoms. The number of ether oxygens (including phenoxy) is 9. The molecule has 2 heterocycles. The SMILES string of the molecule is C=CC(=O)OCCCCCCOC1=CC=C(OC(=O)[C@H]2CC[C@H](C(=O)OC3=CC=C(OC(=O)[C@H]4CC[C@H](C(=O)Oc5ccc(OCCCCCCOC(=O)C=C)cc5)CC4)C4N=C(C5CC6C(C)=CC(C)=CC6O5)SC34)CC2)CC1. The minimum absolute atomic E-state index is 0.0657. The first-order valence-corrected chi connectivity index (χ1v) is 29.6. The maximum absolute atomic E-state index is 13.9. The van der Waals surface area contributed by atoms with Gasteiger partial charge in [-0.1, -0.05) is 48.2 Å². The van der Waals surface area contributed by atoms with Crippen LogP contribution in [0.15, 0.2) is 125 Å². The van der Waals surface area contributed by atoms with E-state index in [1.165, 1.54) is 17.3 Å². The van der Waals surface area contributed by atoms with E-state index in [4.69, 9.17) is 47.6 Å². The Balaban J connectivity index is 0.792. The highest BCUT2D eigenvalue weighted by Gasteiger charge is 2.48. The van der Waals surface area contributed by atoms with Crippen molar-refractivity contribution in [1.29, 1.82) is 0 Å². The molecule has 80 heavy (non-hydrogen) atoms. The molecule has 0 aromatic heterocycles. The summed E-state index contributed by atoms with van der Waals surface area (Å²) < 4.78 is 52.4. The Kier molecular flexibility index (Phi) is 22.3. The summed E-state index contributed by atoms with van der Waals surface area (Å²) in [7, 11) is 0. The topological polar surface area (TPSA) is 198 Å². The Bertz CT molecular complexity index is 2640. The lowest BCUT2D eigenvalue weighted by atomic mass is 9.82. The van der Waals surface area contributed by atoms with Crippen molar-refractivity contribution in [3.63, 3.8) is 0 Å². The van der Waals surface area contributed by atoms with Crippen molar-refractivity contribution in [1.82, 2.24) is 0 Å². The van der Waals surface area contributed by atoms with E-state index in [-0.39, 0.29) is 53.8 Å². The van der Waals surface area contributed by atoms with Crippen molar-refractivity contribution < 1.29 is 71.4 Å². The highest BCUT2D eigenvalue weighted by molar-refractivity contribution is 8.15. The second kappa shape index (κ2) is 29.8. The van der Waals surface area contributed by atoms with Crippen LogP contribution >= 0.6 is 11.8 Å². The largest absolute Gasteiger partial charge is 0.498 e. The van der Waals surface area contributed by atoms with E-state index in [0.29, 0.717) is 119 Å². The van der Waals surface area contributed by atoms with Gasteiger partial charge in [-0.25, -0.2) is 9.59 Å². The van der Waals surface area contributed by atoms with Gasteiger partial charge in [-0.2, -0.15) is 0 Å². The number of fused-ring (bicyclic) bond motifs is 2. The Morgan fingerprint density at radius 1 is 0.588 bits per heavy atom. The number of aliphatic imine (C=N–C) groups is 1. The minimum Gasteiger partial charge on any atom is -0.498 e. The molecule has 0 N–H and O–H groups in total. The van der Waals surface area contributed by atoms with Crippen LogP contribution in [0.2, 0.25) is 0 Å². The van der Waals surface area contributed by atoms with Gasteiger partial charge < -0.3 is 42.6 Å². The van der Waals surface area contributed by atoms with Crippen molar-refractivity contribution in [2.75, 3.05) is 26.4 Å². The summed E-state index contributed by atoms with van der Waals surface area (Å²) in [6.07, 6.45) is 26.2. The summed E-state index contributed by atoms with van der Waals surface area (Å²) in [5.74, 6) is -0.110. The minimum atomic E-state index is -0.627. The van der Waals surface area contributed by atoms with Crippen LogP contribution in [-0.2, 0) is 61.9 Å². The van der Waals surface area contributed by atoms with Crippen molar-refractivity contribution in [2.24, 2.45) is 34.6 Å². The Hall–Kier alpha value is -6.46. The molecule has 5 unspecified atom stereocenters. The van der Waals surface area contributed by atoms with E-state index in [1.807, 2.05) is 6.08 Å². The van der Waals surface area contributed by atoms with Crippen molar-refractivity contribution in [3.8, 4) is 11.5 Å². The quantitative estimate of drug-likeness (QED) is 0.0265. The van der Waals surface area contributed by atoms with Gasteiger partial charge in [-0.15, -0.1) is 0 Å². The van der Waals surface area contributed by atoms with Crippen LogP contribution in [0.25, 0.3) is 0 Å². The molecule has 5 atom stereocenters. The number of hydrogen-bond donors (Lipinski definition) is 0. The van der Waals surface area contributed by atoms with E-state index in [1.54, 1.807) is 42.5 Å². The third kappa shape index (κ3) is 17.0. The first-order valence-electron chi connectivity index (χ1n) is 28.7. The van der Waals surface area contributed by atoms with Crippen LogP contribution in [0.4, 0.5) is 0 Å². The van der Waals surface area contributed by atoms with Gasteiger partial charge in [0.25, 0.3) is 0 Å². The number of thioether (sulfide) groups is 1. The maximum atomic E-state index is 13.9. The third-order valence-corrected chi connectivity index (χ3v) is 17.1. The highest BCUT2D eigenvalue weighted by Crippen LogP contribution is 2.46. The average Bonchev–Trinajstić information content (AvgIpc) is 4.27. The molecule has 2 aliphatic heterocycles. The second-order valence-electron chi connectivity index (χ2n) is 21.6. The lowest BCUT2D eigenvalue weighted by molar-refractivity contribution is -0.151. The number of carbonyl (C=O) groups is 6. The monoisotopic (exact) mass is 1120 g/mol. The Labute approximate surface area is 474 Å². The molecular formula is C63H77NO15S. The summed E-state index contributed by atoms with van der Waals surface area (Å²) in [5.41, 5.74) is 2.42. The van der Waals surface area contributed by atoms with Gasteiger partial charge >= 0.3 is 35.8 Å². The predicted octanol–water partition coefficient (Wildman–Crippen LogP) is 11.7. The fourth-order valence-electron chi connectivity index (χ4n) is 11.1. The molecular weight excluding hydrogens is 1040 g/mol. The van der Waals surface area contributed by atoms with Crippen LogP contribution in [0.5, 0.6) is 11.5 Å². The number of nitrogens with zero attached hydrogens (tertiary/aromatic N) is 1. The lowest BCUT2D eigenvalue weighted by Gasteiger charge is -2.30. The first-order chi connectivity index (χ1) is 38.8. The second-order valence-corrected chi connectivity index (χ2v) is 22.8. The Morgan fingerprint density at radius 2 is 1.07 bits per heavy atom. The zero-order chi connectivity index (χ0) is 56.4. The third-order valence-electron chi connectivity index (χ3n) is 15.7. The number of benzene rings is 1. The van der Waals surface area contributed by atoms with E-state index < -0.39 is 35.1 Å². The molecule has 8 rings (SSSR count). The molecule has 0 amide bonds. The molecule has 430 valence electrons. The summed E-state index contributed by atoms with van der Waals surface area (Å²) in [6.45, 7) is 12.9. The molecule has 1 aromatic carbocycles. The molecule has 1 aromatic rings. The van der Waals surface area contributed by atoms with Crippen LogP contribution in [0.3, 0.4) is 0 Å². The molecule has 3 fully saturated rings. The summed E-state index contributed by atoms with van der Waals surface area (Å²) >= 11 is 1.49. The van der Waals surface area contributed by atoms with Gasteiger partial charge in [0.1, 0.15) is 40.9 Å². The predicted molar refractivity (Wildman–Crippen MR) is 300 cm³/mol. The van der Waals surface area contributed by atoms with Crippen molar-refractivity contribution in [3.05, 3.63) is 120 Å². The fraction of sp³-hybridized carbons (Fsp3) is 0.540. The zero-order valence-electron chi connectivity index (χ0n) is 46.3. The highest BCUT2D eigenvalue weighted by atomic mass is 32.2. The van der Waals surface area contributed by atoms with E-state index in [0.717, 1.165) is 86.3 Å². The van der Waals surface area contributed by atoms with Crippen LogP contribution in [0.1, 0.15) is 136 Å². The number of unbranched alkanes of at least 4 members (excludes halogenated alkanes) is 6. The number of allylic oxidation sites excluding steroid dienone is 8. The standard InChI is InChI=1S/C63H77NO15S/c1-5-55(65)73-35-13-9-7-11-33-71-46-23-27-48(28-24-46)75-60(67)42-15-19-44(20-16-42)62(69)78-51-31-32-52(58-57(51)64-59(80-58)54-39-50-41(4)37-40(3)38-53(50)77-54)79-63(70)45-21-17-43(18-22-45)61(68)76-49-29-25-47(26-30-49)72-34-12-8-10-14-36-74-56(66)6-2/h5-6,23-25,27-29,31-32,37-38,42-45,50,53-54,57-58H,1-2,7-22,26,30,33-36,39H2,3-4H3/t42-,43-,44-,45-,50?,53?,54?,57?,58?. The summed E-state index contributed by atoms with van der Waals surface area (Å²) in [6, 6.07) is 6.34. The van der Waals surface area contributed by atoms with E-state index >= 15 is 0 Å². The van der Waals surface area contributed by atoms with Crippen LogP contribution in [0, 0.1) is 29.6 Å². The molecule has 0 radical (unpaired) electrons. The van der Waals surface area contributed by atoms with E-state index in [9.17, 15) is 28.8 Å².